The minimum Gasteiger partial charge on any atom is -0.294 e. The van der Waals surface area contributed by atoms with Crippen LogP contribution in [0.2, 0.25) is 5.02 Å². The number of carbonyl (C=O) groups excluding carboxylic acids is 1. The molecule has 2 aromatic heterocycles. The van der Waals surface area contributed by atoms with E-state index in [1.54, 1.807) is 17.5 Å². The molecule has 0 spiro atoms. The van der Waals surface area contributed by atoms with Gasteiger partial charge < -0.3 is 0 Å². The van der Waals surface area contributed by atoms with Gasteiger partial charge in [0.15, 0.2) is 5.78 Å². The van der Waals surface area contributed by atoms with Gasteiger partial charge >= 0.3 is 0 Å². The van der Waals surface area contributed by atoms with Gasteiger partial charge in [-0.2, -0.15) is 5.10 Å². The third-order valence-corrected chi connectivity index (χ3v) is 6.11. The number of halogens is 1. The van der Waals surface area contributed by atoms with Crippen LogP contribution in [0.25, 0.3) is 15.3 Å². The SMILES string of the molecule is O=C1C[C@@H](c2ccc(Cl)cc2)Cc2c1cnn2-c1nc2ccccc2s1. The lowest BCUT2D eigenvalue weighted by Crippen LogP contribution is -2.20. The Hall–Kier alpha value is -2.50. The van der Waals surface area contributed by atoms with Gasteiger partial charge in [-0.1, -0.05) is 47.2 Å². The van der Waals surface area contributed by atoms with Gasteiger partial charge in [0.05, 0.1) is 27.7 Å². The van der Waals surface area contributed by atoms with Gasteiger partial charge in [-0.3, -0.25) is 4.79 Å². The Morgan fingerprint density at radius 3 is 2.69 bits per heavy atom. The largest absolute Gasteiger partial charge is 0.294 e. The number of fused-ring (bicyclic) bond motifs is 2. The summed E-state index contributed by atoms with van der Waals surface area (Å²) in [5.41, 5.74) is 3.74. The zero-order valence-corrected chi connectivity index (χ0v) is 15.3. The van der Waals surface area contributed by atoms with Crippen LogP contribution in [0.5, 0.6) is 0 Å². The van der Waals surface area contributed by atoms with Gasteiger partial charge in [-0.05, 0) is 42.2 Å². The molecular formula is C20H14ClN3OS. The molecule has 2 aromatic carbocycles. The predicted molar refractivity (Wildman–Crippen MR) is 104 cm³/mol. The zero-order valence-electron chi connectivity index (χ0n) is 13.7. The summed E-state index contributed by atoms with van der Waals surface area (Å²) in [6.45, 7) is 0. The van der Waals surface area contributed by atoms with Crippen molar-refractivity contribution in [3.8, 4) is 5.13 Å². The maximum absolute atomic E-state index is 12.7. The average Bonchev–Trinajstić information content (AvgIpc) is 3.26. The molecular weight excluding hydrogens is 366 g/mol. The summed E-state index contributed by atoms with van der Waals surface area (Å²) in [4.78, 5) is 17.3. The smallest absolute Gasteiger partial charge is 0.211 e. The fraction of sp³-hybridized carbons (Fsp3) is 0.150. The van der Waals surface area contributed by atoms with E-state index < -0.39 is 0 Å². The Labute approximate surface area is 159 Å². The molecule has 26 heavy (non-hydrogen) atoms. The van der Waals surface area contributed by atoms with E-state index in [2.05, 4.69) is 10.1 Å². The van der Waals surface area contributed by atoms with Gasteiger partial charge in [-0.15, -0.1) is 0 Å². The van der Waals surface area contributed by atoms with Crippen LogP contribution in [0.15, 0.2) is 54.7 Å². The molecule has 0 aliphatic heterocycles. The van der Waals surface area contributed by atoms with Gasteiger partial charge in [0, 0.05) is 11.4 Å². The lowest BCUT2D eigenvalue weighted by molar-refractivity contribution is 0.0964. The van der Waals surface area contributed by atoms with E-state index in [4.69, 9.17) is 11.6 Å². The summed E-state index contributed by atoms with van der Waals surface area (Å²) in [5.74, 6) is 0.274. The molecule has 0 saturated heterocycles. The molecule has 4 aromatic rings. The van der Waals surface area contributed by atoms with Crippen molar-refractivity contribution in [2.24, 2.45) is 0 Å². The summed E-state index contributed by atoms with van der Waals surface area (Å²) in [5, 5.41) is 5.99. The normalized spacial score (nSPS) is 16.8. The Morgan fingerprint density at radius 2 is 1.88 bits per heavy atom. The molecule has 0 radical (unpaired) electrons. The number of para-hydroxylation sites is 1. The number of aromatic nitrogens is 3. The number of hydrogen-bond acceptors (Lipinski definition) is 4. The van der Waals surface area contributed by atoms with Crippen molar-refractivity contribution >= 4 is 38.9 Å². The molecule has 0 N–H and O–H groups in total. The average molecular weight is 380 g/mol. The second kappa shape index (κ2) is 6.04. The number of thiazole rings is 1. The molecule has 0 fully saturated rings. The molecule has 0 amide bonds. The van der Waals surface area contributed by atoms with Crippen molar-refractivity contribution in [2.75, 3.05) is 0 Å². The van der Waals surface area contributed by atoms with Gasteiger partial charge in [0.25, 0.3) is 0 Å². The van der Waals surface area contributed by atoms with Crippen molar-refractivity contribution in [1.29, 1.82) is 0 Å². The maximum Gasteiger partial charge on any atom is 0.211 e. The summed E-state index contributed by atoms with van der Waals surface area (Å²) >= 11 is 7.59. The van der Waals surface area contributed by atoms with Crippen molar-refractivity contribution in [3.05, 3.63) is 76.6 Å². The van der Waals surface area contributed by atoms with E-state index in [0.717, 1.165) is 38.6 Å². The molecule has 2 heterocycles. The molecule has 4 nitrogen and oxygen atoms in total. The quantitative estimate of drug-likeness (QED) is 0.489. The third-order valence-electron chi connectivity index (χ3n) is 4.85. The van der Waals surface area contributed by atoms with Crippen LogP contribution >= 0.6 is 22.9 Å². The highest BCUT2D eigenvalue weighted by Gasteiger charge is 2.30. The Bertz CT molecular complexity index is 1100. The highest BCUT2D eigenvalue weighted by molar-refractivity contribution is 7.20. The number of Topliss-reactive ketones (excluding diaryl/α,β-unsaturated/α-hetero) is 1. The first-order valence-electron chi connectivity index (χ1n) is 8.40. The molecule has 0 unspecified atom stereocenters. The second-order valence-electron chi connectivity index (χ2n) is 6.46. The lowest BCUT2D eigenvalue weighted by Gasteiger charge is -2.22. The first-order valence-corrected chi connectivity index (χ1v) is 9.60. The molecule has 0 bridgehead atoms. The zero-order chi connectivity index (χ0) is 17.7. The highest BCUT2D eigenvalue weighted by atomic mass is 35.5. The van der Waals surface area contributed by atoms with E-state index in [1.807, 2.05) is 53.2 Å². The molecule has 1 aliphatic rings. The summed E-state index contributed by atoms with van der Waals surface area (Å²) in [6.07, 6.45) is 2.95. The van der Waals surface area contributed by atoms with Gasteiger partial charge in [-0.25, -0.2) is 9.67 Å². The van der Waals surface area contributed by atoms with Crippen molar-refractivity contribution in [3.63, 3.8) is 0 Å². The maximum atomic E-state index is 12.7. The van der Waals surface area contributed by atoms with E-state index >= 15 is 0 Å². The van der Waals surface area contributed by atoms with Crippen LogP contribution in [0.1, 0.15) is 34.0 Å². The molecule has 5 rings (SSSR count). The highest BCUT2D eigenvalue weighted by Crippen LogP contribution is 2.35. The number of carbonyl (C=O) groups is 1. The van der Waals surface area contributed by atoms with Gasteiger partial charge in [0.1, 0.15) is 0 Å². The van der Waals surface area contributed by atoms with Crippen LogP contribution in [0, 0.1) is 0 Å². The molecule has 128 valence electrons. The van der Waals surface area contributed by atoms with Crippen molar-refractivity contribution in [2.45, 2.75) is 18.8 Å². The second-order valence-corrected chi connectivity index (χ2v) is 7.91. The summed E-state index contributed by atoms with van der Waals surface area (Å²) < 4.78 is 2.95. The van der Waals surface area contributed by atoms with E-state index in [9.17, 15) is 4.79 Å². The molecule has 6 heteroatoms. The molecule has 0 saturated carbocycles. The Balaban J connectivity index is 1.57. The standard InChI is InChI=1S/C20H14ClN3OS/c21-14-7-5-12(6-8-14)13-9-17-15(18(25)10-13)11-22-24(17)20-23-16-3-1-2-4-19(16)26-20/h1-8,11,13H,9-10H2/t13-/m0/s1. The Morgan fingerprint density at radius 1 is 1.08 bits per heavy atom. The Kier molecular flexibility index (Phi) is 3.65. The van der Waals surface area contributed by atoms with Crippen LogP contribution in [-0.2, 0) is 6.42 Å². The van der Waals surface area contributed by atoms with Crippen LogP contribution < -0.4 is 0 Å². The summed E-state index contributed by atoms with van der Waals surface area (Å²) in [6, 6.07) is 15.8. The first kappa shape index (κ1) is 15.7. The minimum absolute atomic E-state index is 0.136. The number of hydrogen-bond donors (Lipinski definition) is 0. The van der Waals surface area contributed by atoms with Gasteiger partial charge in [0.2, 0.25) is 5.13 Å². The first-order chi connectivity index (χ1) is 12.7. The number of ketones is 1. The summed E-state index contributed by atoms with van der Waals surface area (Å²) in [7, 11) is 0. The molecule has 1 aliphatic carbocycles. The predicted octanol–water partition coefficient (Wildman–Crippen LogP) is 5.05. The number of rotatable bonds is 2. The number of benzene rings is 2. The monoisotopic (exact) mass is 379 g/mol. The fourth-order valence-corrected chi connectivity index (χ4v) is 4.60. The van der Waals surface area contributed by atoms with E-state index in [-0.39, 0.29) is 11.7 Å². The van der Waals surface area contributed by atoms with Crippen LogP contribution in [0.3, 0.4) is 0 Å². The lowest BCUT2D eigenvalue weighted by atomic mass is 9.82. The van der Waals surface area contributed by atoms with E-state index in [1.165, 1.54) is 0 Å². The minimum atomic E-state index is 0.136. The van der Waals surface area contributed by atoms with Crippen molar-refractivity contribution < 1.29 is 4.79 Å². The third kappa shape index (κ3) is 2.55. The topological polar surface area (TPSA) is 47.8 Å². The van der Waals surface area contributed by atoms with Crippen LogP contribution in [0.4, 0.5) is 0 Å². The molecule has 1 atom stereocenters. The number of nitrogens with zero attached hydrogens (tertiary/aromatic N) is 3. The van der Waals surface area contributed by atoms with Crippen LogP contribution in [-0.4, -0.2) is 20.5 Å². The van der Waals surface area contributed by atoms with Crippen molar-refractivity contribution in [1.82, 2.24) is 14.8 Å². The van der Waals surface area contributed by atoms with E-state index in [0.29, 0.717) is 11.4 Å². The fourth-order valence-electron chi connectivity index (χ4n) is 3.53.